The highest BCUT2D eigenvalue weighted by molar-refractivity contribution is 7.15. The normalized spacial score (nSPS) is 17.1. The zero-order chi connectivity index (χ0) is 15.9. The molecule has 0 saturated heterocycles. The summed E-state index contributed by atoms with van der Waals surface area (Å²) in [6, 6.07) is 6.12. The van der Waals surface area contributed by atoms with E-state index in [-0.39, 0.29) is 17.8 Å². The van der Waals surface area contributed by atoms with Gasteiger partial charge in [0.2, 0.25) is 5.91 Å². The lowest BCUT2D eigenvalue weighted by Gasteiger charge is -2.16. The first-order chi connectivity index (χ1) is 10.4. The van der Waals surface area contributed by atoms with Gasteiger partial charge in [0.25, 0.3) is 0 Å². The fourth-order valence-electron chi connectivity index (χ4n) is 2.29. The molecule has 116 valence electrons. The first kappa shape index (κ1) is 15.1. The number of carbonyl (C=O) groups is 1. The Hall–Kier alpha value is -1.79. The van der Waals surface area contributed by atoms with Crippen molar-refractivity contribution in [3.63, 3.8) is 0 Å². The molecule has 22 heavy (non-hydrogen) atoms. The van der Waals surface area contributed by atoms with Gasteiger partial charge in [0, 0.05) is 5.56 Å². The Balaban J connectivity index is 1.79. The van der Waals surface area contributed by atoms with Crippen LogP contribution in [0.3, 0.4) is 0 Å². The van der Waals surface area contributed by atoms with Gasteiger partial charge in [-0.2, -0.15) is 0 Å². The molecule has 6 heteroatoms. The lowest BCUT2D eigenvalue weighted by molar-refractivity contribution is -0.123. The van der Waals surface area contributed by atoms with Crippen molar-refractivity contribution in [2.24, 2.45) is 5.73 Å². The van der Waals surface area contributed by atoms with Gasteiger partial charge in [0.1, 0.15) is 10.8 Å². The third kappa shape index (κ3) is 2.89. The van der Waals surface area contributed by atoms with Crippen LogP contribution in [0.2, 0.25) is 0 Å². The van der Waals surface area contributed by atoms with Crippen LogP contribution >= 0.6 is 11.3 Å². The molecule has 1 unspecified atom stereocenters. The van der Waals surface area contributed by atoms with Gasteiger partial charge in [-0.1, -0.05) is 0 Å². The van der Waals surface area contributed by atoms with Crippen molar-refractivity contribution in [3.05, 3.63) is 40.7 Å². The van der Waals surface area contributed by atoms with E-state index in [1.165, 1.54) is 23.5 Å². The molecule has 1 amide bonds. The van der Waals surface area contributed by atoms with Crippen LogP contribution in [0.5, 0.6) is 0 Å². The first-order valence-electron chi connectivity index (χ1n) is 7.22. The number of aromatic nitrogens is 1. The monoisotopic (exact) mass is 319 g/mol. The second kappa shape index (κ2) is 5.44. The molecule has 0 bridgehead atoms. The highest BCUT2D eigenvalue weighted by atomic mass is 32.1. The second-order valence-corrected chi connectivity index (χ2v) is 6.86. The summed E-state index contributed by atoms with van der Waals surface area (Å²) < 4.78 is 13.0. The summed E-state index contributed by atoms with van der Waals surface area (Å²) in [5.74, 6) is -0.369. The summed E-state index contributed by atoms with van der Waals surface area (Å²) in [6.45, 7) is 3.84. The number of nitrogens with zero attached hydrogens (tertiary/aromatic N) is 1. The van der Waals surface area contributed by atoms with Crippen LogP contribution in [-0.2, 0) is 4.79 Å². The van der Waals surface area contributed by atoms with Crippen molar-refractivity contribution in [2.45, 2.75) is 38.3 Å². The second-order valence-electron chi connectivity index (χ2n) is 5.83. The van der Waals surface area contributed by atoms with Crippen molar-refractivity contribution in [1.82, 2.24) is 10.3 Å². The van der Waals surface area contributed by atoms with Gasteiger partial charge in [0.05, 0.1) is 22.2 Å². The molecular formula is C16H18FN3OS. The molecule has 4 nitrogen and oxygen atoms in total. The van der Waals surface area contributed by atoms with Crippen molar-refractivity contribution < 1.29 is 9.18 Å². The number of carbonyl (C=O) groups excluding carboxylic acids is 1. The molecule has 3 rings (SSSR count). The fourth-order valence-corrected chi connectivity index (χ4v) is 3.37. The Morgan fingerprint density at radius 2 is 2.05 bits per heavy atom. The van der Waals surface area contributed by atoms with Crippen LogP contribution in [0.1, 0.15) is 36.4 Å². The molecule has 1 aliphatic rings. The molecule has 1 aliphatic carbocycles. The number of thiazole rings is 1. The van der Waals surface area contributed by atoms with E-state index < -0.39 is 5.54 Å². The van der Waals surface area contributed by atoms with E-state index in [2.05, 4.69) is 10.3 Å². The molecule has 2 aromatic rings. The van der Waals surface area contributed by atoms with Crippen LogP contribution in [0.25, 0.3) is 10.6 Å². The van der Waals surface area contributed by atoms with E-state index in [0.717, 1.165) is 34.0 Å². The number of halogens is 1. The Kier molecular flexibility index (Phi) is 3.74. The van der Waals surface area contributed by atoms with Crippen LogP contribution in [0, 0.1) is 12.7 Å². The number of aryl methyl sites for hydroxylation is 1. The van der Waals surface area contributed by atoms with Crippen molar-refractivity contribution in [3.8, 4) is 10.6 Å². The Morgan fingerprint density at radius 1 is 1.41 bits per heavy atom. The largest absolute Gasteiger partial charge is 0.347 e. The number of nitrogens with two attached hydrogens (primary N) is 1. The van der Waals surface area contributed by atoms with Crippen LogP contribution in [0.15, 0.2) is 24.3 Å². The van der Waals surface area contributed by atoms with Gasteiger partial charge < -0.3 is 11.1 Å². The van der Waals surface area contributed by atoms with Crippen LogP contribution in [-0.4, -0.2) is 16.4 Å². The van der Waals surface area contributed by atoms with Crippen LogP contribution in [0.4, 0.5) is 4.39 Å². The standard InChI is InChI=1S/C16H18FN3OS/c1-9-13(10(2)20-15(21)16(18)7-8-16)22-14(19-9)11-3-5-12(17)6-4-11/h3-6,10H,7-8,18H2,1-2H3,(H,20,21). The summed E-state index contributed by atoms with van der Waals surface area (Å²) >= 11 is 1.51. The lowest BCUT2D eigenvalue weighted by atomic mass is 10.2. The van der Waals surface area contributed by atoms with Crippen molar-refractivity contribution >= 4 is 17.2 Å². The van der Waals surface area contributed by atoms with Gasteiger partial charge in [-0.05, 0) is 51.0 Å². The first-order valence-corrected chi connectivity index (χ1v) is 8.04. The number of benzene rings is 1. The van der Waals surface area contributed by atoms with Gasteiger partial charge in [-0.15, -0.1) is 11.3 Å². The van der Waals surface area contributed by atoms with Gasteiger partial charge in [0.15, 0.2) is 0 Å². The lowest BCUT2D eigenvalue weighted by Crippen LogP contribution is -2.43. The summed E-state index contributed by atoms with van der Waals surface area (Å²) in [7, 11) is 0. The van der Waals surface area contributed by atoms with E-state index in [9.17, 15) is 9.18 Å². The fraction of sp³-hybridized carbons (Fsp3) is 0.375. The molecule has 1 atom stereocenters. The molecule has 1 aromatic carbocycles. The molecule has 3 N–H and O–H groups in total. The van der Waals surface area contributed by atoms with E-state index >= 15 is 0 Å². The summed E-state index contributed by atoms with van der Waals surface area (Å²) in [5.41, 5.74) is 6.98. The molecule has 0 aliphatic heterocycles. The number of nitrogens with one attached hydrogen (secondary N) is 1. The molecule has 0 spiro atoms. The predicted molar refractivity (Wildman–Crippen MR) is 85.0 cm³/mol. The zero-order valence-electron chi connectivity index (χ0n) is 12.5. The smallest absolute Gasteiger partial charge is 0.240 e. The molecular weight excluding hydrogens is 301 g/mol. The summed E-state index contributed by atoms with van der Waals surface area (Å²) in [4.78, 5) is 17.6. The average Bonchev–Trinajstić information content (AvgIpc) is 3.11. The highest BCUT2D eigenvalue weighted by Crippen LogP contribution is 2.35. The van der Waals surface area contributed by atoms with Crippen LogP contribution < -0.4 is 11.1 Å². The van der Waals surface area contributed by atoms with Gasteiger partial charge in [-0.25, -0.2) is 9.37 Å². The minimum Gasteiger partial charge on any atom is -0.347 e. The predicted octanol–water partition coefficient (Wildman–Crippen LogP) is 2.93. The zero-order valence-corrected chi connectivity index (χ0v) is 13.3. The third-order valence-electron chi connectivity index (χ3n) is 3.91. The van der Waals surface area contributed by atoms with Gasteiger partial charge in [-0.3, -0.25) is 4.79 Å². The highest BCUT2D eigenvalue weighted by Gasteiger charge is 2.46. The minimum absolute atomic E-state index is 0.101. The summed E-state index contributed by atoms with van der Waals surface area (Å²) in [6.07, 6.45) is 1.49. The maximum atomic E-state index is 13.0. The molecule has 1 saturated carbocycles. The molecule has 0 radical (unpaired) electrons. The van der Waals surface area contributed by atoms with Gasteiger partial charge >= 0.3 is 0 Å². The van der Waals surface area contributed by atoms with Crippen molar-refractivity contribution in [2.75, 3.05) is 0 Å². The average molecular weight is 319 g/mol. The van der Waals surface area contributed by atoms with E-state index in [0.29, 0.717) is 0 Å². The maximum absolute atomic E-state index is 13.0. The van der Waals surface area contributed by atoms with E-state index in [4.69, 9.17) is 5.73 Å². The van der Waals surface area contributed by atoms with E-state index in [1.54, 1.807) is 12.1 Å². The quantitative estimate of drug-likeness (QED) is 0.910. The Morgan fingerprint density at radius 3 is 2.64 bits per heavy atom. The Bertz CT molecular complexity index is 707. The molecule has 1 fully saturated rings. The summed E-state index contributed by atoms with van der Waals surface area (Å²) in [5, 5.41) is 3.78. The van der Waals surface area contributed by atoms with Crippen molar-refractivity contribution in [1.29, 1.82) is 0 Å². The SMILES string of the molecule is Cc1nc(-c2ccc(F)cc2)sc1C(C)NC(=O)C1(N)CC1. The number of hydrogen-bond donors (Lipinski definition) is 2. The van der Waals surface area contributed by atoms with E-state index in [1.807, 2.05) is 13.8 Å². The Labute approximate surface area is 132 Å². The maximum Gasteiger partial charge on any atom is 0.240 e. The molecule has 1 aromatic heterocycles. The number of amides is 1. The molecule has 1 heterocycles. The number of hydrogen-bond acceptors (Lipinski definition) is 4. The third-order valence-corrected chi connectivity index (χ3v) is 5.29. The number of rotatable bonds is 4. The minimum atomic E-state index is -0.674. The topological polar surface area (TPSA) is 68.0 Å².